The molecule has 0 saturated heterocycles. The van der Waals surface area contributed by atoms with E-state index < -0.39 is 32.5 Å². The first-order chi connectivity index (χ1) is 25.3. The molecule has 0 aliphatic carbocycles. The van der Waals surface area contributed by atoms with Gasteiger partial charge in [0.15, 0.2) is 6.10 Å². The van der Waals surface area contributed by atoms with Gasteiger partial charge < -0.3 is 19.3 Å². The van der Waals surface area contributed by atoms with Gasteiger partial charge in [-0.1, -0.05) is 137 Å². The Balaban J connectivity index is 4.13. The second kappa shape index (κ2) is 37.7. The number of rotatable bonds is 34. The van der Waals surface area contributed by atoms with Crippen molar-refractivity contribution in [3.8, 4) is 0 Å². The average molecular weight is 745 g/mol. The molecular formula is C43H69O8P. The number of phosphoric acid groups is 1. The molecule has 0 saturated carbocycles. The summed E-state index contributed by atoms with van der Waals surface area (Å²) in [6, 6.07) is 0. The lowest BCUT2D eigenvalue weighted by molar-refractivity contribution is -0.161. The van der Waals surface area contributed by atoms with Crippen LogP contribution >= 0.6 is 7.82 Å². The largest absolute Gasteiger partial charge is 0.469 e. The molecule has 0 bridgehead atoms. The van der Waals surface area contributed by atoms with E-state index in [-0.39, 0.29) is 19.4 Å². The van der Waals surface area contributed by atoms with Crippen LogP contribution in [0.25, 0.3) is 0 Å². The Hall–Kier alpha value is -3.03. The molecule has 0 aliphatic rings. The van der Waals surface area contributed by atoms with Gasteiger partial charge in [0.2, 0.25) is 0 Å². The molecular weight excluding hydrogens is 675 g/mol. The molecule has 0 radical (unpaired) electrons. The standard InChI is InChI=1S/C43H69O8P/c1-3-5-7-9-11-13-15-17-19-21-23-25-27-29-31-33-35-37-42(44)49-39-41(40-50-52(46,47)48)51-43(45)38-36-34-32-30-28-26-24-22-20-18-16-14-12-10-8-6-4-2/h5,7,11-14,17-20,23-26,29,31,41H,3-4,6,8-10,15-16,21-22,27-28,30,32-40H2,1-2H3,(H2,46,47,48)/b7-5+,13-11+,14-12+,19-17+,20-18+,25-23+,26-24+,31-29+/t41-/m1/s1. The molecule has 0 aromatic rings. The fourth-order valence-electron chi connectivity index (χ4n) is 4.71. The second-order valence-electron chi connectivity index (χ2n) is 12.5. The molecule has 0 aromatic heterocycles. The van der Waals surface area contributed by atoms with E-state index in [1.54, 1.807) is 0 Å². The molecule has 0 spiro atoms. The van der Waals surface area contributed by atoms with E-state index in [2.05, 4.69) is 110 Å². The van der Waals surface area contributed by atoms with Gasteiger partial charge in [0.1, 0.15) is 6.61 Å². The van der Waals surface area contributed by atoms with Crippen LogP contribution in [0.4, 0.5) is 0 Å². The molecule has 1 atom stereocenters. The van der Waals surface area contributed by atoms with E-state index in [0.29, 0.717) is 19.3 Å². The zero-order chi connectivity index (χ0) is 38.2. The number of hydrogen-bond donors (Lipinski definition) is 2. The first kappa shape index (κ1) is 49.0. The van der Waals surface area contributed by atoms with Crippen LogP contribution in [0.15, 0.2) is 97.2 Å². The number of carbonyl (C=O) groups excluding carboxylic acids is 2. The number of allylic oxidation sites excluding steroid dienone is 16. The highest BCUT2D eigenvalue weighted by atomic mass is 31.2. The minimum absolute atomic E-state index is 0.168. The molecule has 9 heteroatoms. The van der Waals surface area contributed by atoms with E-state index in [1.165, 1.54) is 25.7 Å². The fraction of sp³-hybridized carbons (Fsp3) is 0.581. The van der Waals surface area contributed by atoms with Crippen molar-refractivity contribution in [2.75, 3.05) is 13.2 Å². The minimum atomic E-state index is -4.78. The third kappa shape index (κ3) is 39.8. The molecule has 0 aromatic carbocycles. The lowest BCUT2D eigenvalue weighted by atomic mass is 10.1. The van der Waals surface area contributed by atoms with Gasteiger partial charge in [-0.2, -0.15) is 0 Å². The number of unbranched alkanes of at least 4 members (excludes halogenated alkanes) is 8. The topological polar surface area (TPSA) is 119 Å². The zero-order valence-corrected chi connectivity index (χ0v) is 33.1. The Kier molecular flexibility index (Phi) is 35.5. The van der Waals surface area contributed by atoms with E-state index in [0.717, 1.165) is 70.6 Å². The third-order valence-electron chi connectivity index (χ3n) is 7.59. The summed E-state index contributed by atoms with van der Waals surface area (Å²) in [6.07, 6.45) is 51.3. The van der Waals surface area contributed by atoms with Gasteiger partial charge in [0.05, 0.1) is 6.61 Å². The number of ether oxygens (including phenoxy) is 2. The molecule has 0 amide bonds. The smallest absolute Gasteiger partial charge is 0.462 e. The normalized spacial score (nSPS) is 13.5. The van der Waals surface area contributed by atoms with Crippen molar-refractivity contribution in [3.63, 3.8) is 0 Å². The first-order valence-electron chi connectivity index (χ1n) is 19.5. The highest BCUT2D eigenvalue weighted by Crippen LogP contribution is 2.35. The Morgan fingerprint density at radius 2 is 0.942 bits per heavy atom. The Morgan fingerprint density at radius 3 is 1.42 bits per heavy atom. The first-order valence-corrected chi connectivity index (χ1v) is 21.1. The number of esters is 2. The van der Waals surface area contributed by atoms with Gasteiger partial charge in [-0.3, -0.25) is 14.1 Å². The van der Waals surface area contributed by atoms with Crippen molar-refractivity contribution in [1.29, 1.82) is 0 Å². The molecule has 8 nitrogen and oxygen atoms in total. The predicted octanol–water partition coefficient (Wildman–Crippen LogP) is 11.8. The molecule has 0 heterocycles. The second-order valence-corrected chi connectivity index (χ2v) is 13.8. The maximum Gasteiger partial charge on any atom is 0.469 e. The van der Waals surface area contributed by atoms with Crippen LogP contribution in [0.3, 0.4) is 0 Å². The van der Waals surface area contributed by atoms with Crippen LogP contribution in [0.5, 0.6) is 0 Å². The van der Waals surface area contributed by atoms with E-state index in [9.17, 15) is 14.2 Å². The maximum absolute atomic E-state index is 12.4. The third-order valence-corrected chi connectivity index (χ3v) is 8.07. The van der Waals surface area contributed by atoms with Gasteiger partial charge in [0, 0.05) is 12.8 Å². The van der Waals surface area contributed by atoms with E-state index >= 15 is 0 Å². The van der Waals surface area contributed by atoms with Gasteiger partial charge in [0.25, 0.3) is 0 Å². The Bertz CT molecular complexity index is 1160. The summed E-state index contributed by atoms with van der Waals surface area (Å²) in [5.41, 5.74) is 0. The quantitative estimate of drug-likeness (QED) is 0.0289. The van der Waals surface area contributed by atoms with Crippen molar-refractivity contribution < 1.29 is 37.9 Å². The molecule has 0 fully saturated rings. The molecule has 0 aliphatic heterocycles. The monoisotopic (exact) mass is 744 g/mol. The summed E-state index contributed by atoms with van der Waals surface area (Å²) in [4.78, 5) is 42.7. The molecule has 0 unspecified atom stereocenters. The summed E-state index contributed by atoms with van der Waals surface area (Å²) in [7, 11) is -4.78. The summed E-state index contributed by atoms with van der Waals surface area (Å²) in [6.45, 7) is 3.45. The van der Waals surface area contributed by atoms with Crippen LogP contribution in [0.1, 0.15) is 142 Å². The van der Waals surface area contributed by atoms with Crippen molar-refractivity contribution in [1.82, 2.24) is 0 Å². The highest BCUT2D eigenvalue weighted by molar-refractivity contribution is 7.46. The number of phosphoric ester groups is 1. The van der Waals surface area contributed by atoms with Gasteiger partial charge in [-0.05, 0) is 89.9 Å². The van der Waals surface area contributed by atoms with E-state index in [4.69, 9.17) is 19.3 Å². The zero-order valence-electron chi connectivity index (χ0n) is 32.2. The molecule has 52 heavy (non-hydrogen) atoms. The van der Waals surface area contributed by atoms with Crippen molar-refractivity contribution in [2.24, 2.45) is 0 Å². The van der Waals surface area contributed by atoms with Crippen LogP contribution in [-0.4, -0.2) is 41.0 Å². The summed E-state index contributed by atoms with van der Waals surface area (Å²) < 4.78 is 26.3. The summed E-state index contributed by atoms with van der Waals surface area (Å²) in [5.74, 6) is -0.990. The Morgan fingerprint density at radius 1 is 0.519 bits per heavy atom. The molecule has 2 N–H and O–H groups in total. The highest BCUT2D eigenvalue weighted by Gasteiger charge is 2.22. The SMILES string of the molecule is CC/C=C/C/C=C/C/C=C/C/C=C/C/C=C/CCCC(=O)OC[C@H](COP(=O)(O)O)OC(=O)CCCCCC/C=C/C/C=C/C/C=C/CCCCC. The molecule has 294 valence electrons. The fourth-order valence-corrected chi connectivity index (χ4v) is 5.07. The summed E-state index contributed by atoms with van der Waals surface area (Å²) >= 11 is 0. The minimum Gasteiger partial charge on any atom is -0.462 e. The number of hydrogen-bond acceptors (Lipinski definition) is 6. The van der Waals surface area contributed by atoms with Gasteiger partial charge in [-0.25, -0.2) is 4.57 Å². The molecule has 0 rings (SSSR count). The summed E-state index contributed by atoms with van der Waals surface area (Å²) in [5, 5.41) is 0. The van der Waals surface area contributed by atoms with Crippen molar-refractivity contribution in [2.45, 2.75) is 148 Å². The lowest BCUT2D eigenvalue weighted by Gasteiger charge is -2.18. The average Bonchev–Trinajstić information content (AvgIpc) is 3.11. The van der Waals surface area contributed by atoms with Crippen molar-refractivity contribution >= 4 is 19.8 Å². The Labute approximate surface area is 315 Å². The van der Waals surface area contributed by atoms with Gasteiger partial charge >= 0.3 is 19.8 Å². The maximum atomic E-state index is 12.4. The van der Waals surface area contributed by atoms with E-state index in [1.807, 2.05) is 6.08 Å². The lowest BCUT2D eigenvalue weighted by Crippen LogP contribution is -2.29. The van der Waals surface area contributed by atoms with Crippen molar-refractivity contribution in [3.05, 3.63) is 97.2 Å². The number of carbonyl (C=O) groups is 2. The predicted molar refractivity (Wildman–Crippen MR) is 216 cm³/mol. The van der Waals surface area contributed by atoms with Crippen LogP contribution in [0.2, 0.25) is 0 Å². The van der Waals surface area contributed by atoms with Crippen LogP contribution < -0.4 is 0 Å². The van der Waals surface area contributed by atoms with Crippen LogP contribution in [0, 0.1) is 0 Å². The van der Waals surface area contributed by atoms with Gasteiger partial charge in [-0.15, -0.1) is 0 Å². The van der Waals surface area contributed by atoms with Crippen LogP contribution in [-0.2, 0) is 28.2 Å².